The van der Waals surface area contributed by atoms with Gasteiger partial charge < -0.3 is 10.6 Å². The SMILES string of the molecule is C1CNCC(CNC2=NCCS2)C1. The van der Waals surface area contributed by atoms with E-state index in [-0.39, 0.29) is 0 Å². The van der Waals surface area contributed by atoms with Gasteiger partial charge in [-0.05, 0) is 31.8 Å². The largest absolute Gasteiger partial charge is 0.365 e. The van der Waals surface area contributed by atoms with Crippen molar-refractivity contribution >= 4 is 16.9 Å². The molecule has 0 aromatic rings. The Morgan fingerprint density at radius 2 is 2.62 bits per heavy atom. The highest BCUT2D eigenvalue weighted by Crippen LogP contribution is 2.12. The fraction of sp³-hybridized carbons (Fsp3) is 0.889. The number of rotatable bonds is 2. The number of piperidine rings is 1. The van der Waals surface area contributed by atoms with Gasteiger partial charge >= 0.3 is 0 Å². The van der Waals surface area contributed by atoms with Gasteiger partial charge in [-0.15, -0.1) is 0 Å². The van der Waals surface area contributed by atoms with Crippen LogP contribution in [0.25, 0.3) is 0 Å². The first kappa shape index (κ1) is 9.34. The number of hydrogen-bond donors (Lipinski definition) is 2. The molecule has 0 aromatic carbocycles. The molecule has 1 fully saturated rings. The Labute approximate surface area is 83.8 Å². The highest BCUT2D eigenvalue weighted by molar-refractivity contribution is 8.14. The molecule has 2 rings (SSSR count). The summed E-state index contributed by atoms with van der Waals surface area (Å²) in [5.74, 6) is 1.96. The molecule has 0 aliphatic carbocycles. The molecule has 2 N–H and O–H groups in total. The average molecular weight is 199 g/mol. The van der Waals surface area contributed by atoms with Crippen molar-refractivity contribution in [2.24, 2.45) is 10.9 Å². The molecule has 0 saturated carbocycles. The summed E-state index contributed by atoms with van der Waals surface area (Å²) in [5, 5.41) is 8.01. The van der Waals surface area contributed by atoms with E-state index in [2.05, 4.69) is 15.6 Å². The molecule has 0 aromatic heterocycles. The molecule has 13 heavy (non-hydrogen) atoms. The predicted octanol–water partition coefficient (Wildman–Crippen LogP) is 0.678. The Hall–Kier alpha value is -0.220. The van der Waals surface area contributed by atoms with Gasteiger partial charge in [-0.25, -0.2) is 0 Å². The summed E-state index contributed by atoms with van der Waals surface area (Å²) in [5.41, 5.74) is 0. The van der Waals surface area contributed by atoms with Crippen molar-refractivity contribution < 1.29 is 0 Å². The van der Waals surface area contributed by atoms with Crippen LogP contribution in [0.4, 0.5) is 0 Å². The van der Waals surface area contributed by atoms with Crippen LogP contribution in [0.15, 0.2) is 4.99 Å². The van der Waals surface area contributed by atoms with Crippen LogP contribution in [0.2, 0.25) is 0 Å². The van der Waals surface area contributed by atoms with E-state index in [9.17, 15) is 0 Å². The van der Waals surface area contributed by atoms with Gasteiger partial charge in [0, 0.05) is 12.3 Å². The number of nitrogens with one attached hydrogen (secondary N) is 2. The molecule has 0 bridgehead atoms. The van der Waals surface area contributed by atoms with E-state index in [1.807, 2.05) is 11.8 Å². The molecule has 0 radical (unpaired) electrons. The summed E-state index contributed by atoms with van der Waals surface area (Å²) >= 11 is 1.85. The zero-order valence-corrected chi connectivity index (χ0v) is 8.70. The number of hydrogen-bond acceptors (Lipinski definition) is 4. The number of aliphatic imine (C=N–C) groups is 1. The normalized spacial score (nSPS) is 28.6. The Balaban J connectivity index is 1.66. The van der Waals surface area contributed by atoms with Gasteiger partial charge in [0.25, 0.3) is 0 Å². The van der Waals surface area contributed by atoms with Crippen molar-refractivity contribution in [2.45, 2.75) is 12.8 Å². The monoisotopic (exact) mass is 199 g/mol. The minimum absolute atomic E-state index is 0.803. The maximum absolute atomic E-state index is 4.37. The molecule has 0 amide bonds. The highest BCUT2D eigenvalue weighted by atomic mass is 32.2. The van der Waals surface area contributed by atoms with E-state index in [0.717, 1.165) is 29.9 Å². The lowest BCUT2D eigenvalue weighted by atomic mass is 10.00. The van der Waals surface area contributed by atoms with Crippen molar-refractivity contribution in [2.75, 3.05) is 31.9 Å². The minimum atomic E-state index is 0.803. The van der Waals surface area contributed by atoms with Crippen LogP contribution < -0.4 is 10.6 Å². The first-order chi connectivity index (χ1) is 6.45. The zero-order valence-electron chi connectivity index (χ0n) is 7.88. The van der Waals surface area contributed by atoms with E-state index in [4.69, 9.17) is 0 Å². The fourth-order valence-electron chi connectivity index (χ4n) is 1.77. The van der Waals surface area contributed by atoms with E-state index >= 15 is 0 Å². The van der Waals surface area contributed by atoms with Gasteiger partial charge in [-0.1, -0.05) is 11.8 Å². The first-order valence-corrected chi connectivity index (χ1v) is 6.05. The molecule has 74 valence electrons. The van der Waals surface area contributed by atoms with Crippen LogP contribution in [0, 0.1) is 5.92 Å². The third-order valence-electron chi connectivity index (χ3n) is 2.53. The molecule has 2 heterocycles. The van der Waals surface area contributed by atoms with Crippen molar-refractivity contribution in [3.8, 4) is 0 Å². The lowest BCUT2D eigenvalue weighted by Crippen LogP contribution is -2.37. The van der Waals surface area contributed by atoms with Crippen molar-refractivity contribution in [3.63, 3.8) is 0 Å². The fourth-order valence-corrected chi connectivity index (χ4v) is 2.52. The Kier molecular flexibility index (Phi) is 3.49. The molecule has 3 nitrogen and oxygen atoms in total. The molecule has 1 saturated heterocycles. The van der Waals surface area contributed by atoms with Gasteiger partial charge in [0.15, 0.2) is 5.17 Å². The topological polar surface area (TPSA) is 36.4 Å². The van der Waals surface area contributed by atoms with Gasteiger partial charge in [0.05, 0.1) is 6.54 Å². The van der Waals surface area contributed by atoms with Gasteiger partial charge in [-0.2, -0.15) is 0 Å². The van der Waals surface area contributed by atoms with E-state index in [1.165, 1.54) is 25.9 Å². The standard InChI is InChI=1S/C9H17N3S/c1-2-8(6-10-3-1)7-12-9-11-4-5-13-9/h8,10H,1-7H2,(H,11,12). The third-order valence-corrected chi connectivity index (χ3v) is 3.46. The van der Waals surface area contributed by atoms with Crippen LogP contribution in [0.3, 0.4) is 0 Å². The Morgan fingerprint density at radius 3 is 3.31 bits per heavy atom. The molecule has 1 unspecified atom stereocenters. The van der Waals surface area contributed by atoms with Crippen LogP contribution in [-0.2, 0) is 0 Å². The summed E-state index contributed by atoms with van der Waals surface area (Å²) in [7, 11) is 0. The van der Waals surface area contributed by atoms with Crippen LogP contribution >= 0.6 is 11.8 Å². The van der Waals surface area contributed by atoms with E-state index < -0.39 is 0 Å². The average Bonchev–Trinajstić information content (AvgIpc) is 2.69. The summed E-state index contributed by atoms with van der Waals surface area (Å²) in [6, 6.07) is 0. The van der Waals surface area contributed by atoms with Crippen molar-refractivity contribution in [1.82, 2.24) is 10.6 Å². The maximum Gasteiger partial charge on any atom is 0.156 e. The number of nitrogens with zero attached hydrogens (tertiary/aromatic N) is 1. The van der Waals surface area contributed by atoms with Gasteiger partial charge in [-0.3, -0.25) is 4.99 Å². The molecule has 0 spiro atoms. The molecule has 2 aliphatic heterocycles. The first-order valence-electron chi connectivity index (χ1n) is 5.07. The second-order valence-corrected chi connectivity index (χ2v) is 4.71. The summed E-state index contributed by atoms with van der Waals surface area (Å²) in [4.78, 5) is 4.37. The second-order valence-electron chi connectivity index (χ2n) is 3.63. The lowest BCUT2D eigenvalue weighted by Gasteiger charge is -2.23. The zero-order chi connectivity index (χ0) is 8.93. The van der Waals surface area contributed by atoms with Crippen LogP contribution in [0.5, 0.6) is 0 Å². The van der Waals surface area contributed by atoms with Gasteiger partial charge in [0.2, 0.25) is 0 Å². The quantitative estimate of drug-likeness (QED) is 0.686. The number of thioether (sulfide) groups is 1. The Bertz CT molecular complexity index is 187. The summed E-state index contributed by atoms with van der Waals surface area (Å²) < 4.78 is 0. The third kappa shape index (κ3) is 2.88. The lowest BCUT2D eigenvalue weighted by molar-refractivity contribution is 0.376. The maximum atomic E-state index is 4.37. The summed E-state index contributed by atoms with van der Waals surface area (Å²) in [6.45, 7) is 4.46. The summed E-state index contributed by atoms with van der Waals surface area (Å²) in [6.07, 6.45) is 2.68. The van der Waals surface area contributed by atoms with Gasteiger partial charge in [0.1, 0.15) is 0 Å². The van der Waals surface area contributed by atoms with Crippen LogP contribution in [0.1, 0.15) is 12.8 Å². The smallest absolute Gasteiger partial charge is 0.156 e. The van der Waals surface area contributed by atoms with Crippen LogP contribution in [-0.4, -0.2) is 37.1 Å². The van der Waals surface area contributed by atoms with Crippen molar-refractivity contribution in [3.05, 3.63) is 0 Å². The Morgan fingerprint density at radius 1 is 1.62 bits per heavy atom. The van der Waals surface area contributed by atoms with E-state index in [0.29, 0.717) is 0 Å². The molecule has 4 heteroatoms. The molecule has 1 atom stereocenters. The highest BCUT2D eigenvalue weighted by Gasteiger charge is 2.14. The number of amidine groups is 1. The molecule has 2 aliphatic rings. The second kappa shape index (κ2) is 4.86. The predicted molar refractivity (Wildman–Crippen MR) is 58.4 cm³/mol. The minimum Gasteiger partial charge on any atom is -0.365 e. The van der Waals surface area contributed by atoms with Crippen molar-refractivity contribution in [1.29, 1.82) is 0 Å². The van der Waals surface area contributed by atoms with E-state index in [1.54, 1.807) is 0 Å². The molecular formula is C9H17N3S. The molecular weight excluding hydrogens is 182 g/mol.